The zero-order valence-electron chi connectivity index (χ0n) is 33.6. The fraction of sp³-hybridized carbons (Fsp3) is 0.0172. The average Bonchev–Trinajstić information content (AvgIpc) is 3.88. The predicted molar refractivity (Wildman–Crippen MR) is 257 cm³/mol. The van der Waals surface area contributed by atoms with Crippen LogP contribution in [-0.4, -0.2) is 15.0 Å². The topological polar surface area (TPSA) is 38.7 Å². The number of fused-ring (bicyclic) bond motifs is 6. The lowest BCUT2D eigenvalue weighted by atomic mass is 9.67. The van der Waals surface area contributed by atoms with Crippen molar-refractivity contribution < 1.29 is 0 Å². The quantitative estimate of drug-likeness (QED) is 0.161. The average molecular weight is 808 g/mol. The zero-order chi connectivity index (χ0) is 41.0. The first-order valence-electron chi connectivity index (χ1n) is 21.0. The summed E-state index contributed by atoms with van der Waals surface area (Å²) in [7, 11) is 0. The van der Waals surface area contributed by atoms with Crippen molar-refractivity contribution in [3.63, 3.8) is 0 Å². The first-order chi connectivity index (χ1) is 30.7. The third kappa shape index (κ3) is 5.83. The molecule has 0 fully saturated rings. The SMILES string of the molecule is c1ccc(-c2cccc(-c3nc(-c4cccc(-c5ccc6sc7ccccc7c6c5)c4)nc(-c4cccc5c4-c4ccccc4C5(c4ccccc4)c4ccccc4)n3)c2)cc1. The van der Waals surface area contributed by atoms with E-state index in [1.165, 1.54) is 48.0 Å². The molecule has 0 bridgehead atoms. The van der Waals surface area contributed by atoms with Crippen molar-refractivity contribution >= 4 is 31.5 Å². The van der Waals surface area contributed by atoms with E-state index in [9.17, 15) is 0 Å². The lowest BCUT2D eigenvalue weighted by molar-refractivity contribution is 0.768. The van der Waals surface area contributed by atoms with Crippen LogP contribution >= 0.6 is 11.3 Å². The molecule has 3 nitrogen and oxygen atoms in total. The smallest absolute Gasteiger partial charge is 0.164 e. The summed E-state index contributed by atoms with van der Waals surface area (Å²) in [5.41, 5.74) is 14.0. The molecule has 0 aliphatic heterocycles. The number of rotatable bonds is 7. The number of nitrogens with zero attached hydrogens (tertiary/aromatic N) is 3. The van der Waals surface area contributed by atoms with Crippen molar-refractivity contribution in [3.05, 3.63) is 247 Å². The van der Waals surface area contributed by atoms with Crippen molar-refractivity contribution in [2.24, 2.45) is 0 Å². The van der Waals surface area contributed by atoms with Gasteiger partial charge in [0.15, 0.2) is 17.5 Å². The number of hydrogen-bond donors (Lipinski definition) is 0. The molecule has 12 rings (SSSR count). The van der Waals surface area contributed by atoms with Gasteiger partial charge in [0, 0.05) is 36.9 Å². The van der Waals surface area contributed by atoms with Gasteiger partial charge in [-0.05, 0) is 86.0 Å². The molecule has 4 heteroatoms. The van der Waals surface area contributed by atoms with Crippen LogP contribution in [0.15, 0.2) is 224 Å². The fourth-order valence-corrected chi connectivity index (χ4v) is 10.7. The standard InChI is InChI=1S/C58H37N3S/c1-4-17-38(18-5-1)39-19-14-21-42(35-39)55-59-56(43-22-15-20-40(36-43)41-33-34-53-49(37-41)46-27-11-13-32-52(46)62-53)61-57(60-55)48-29-16-31-51-54(48)47-28-10-12-30-50(47)58(51,44-23-6-2-7-24-44)45-25-8-3-9-26-45/h1-37H. The Bertz CT molecular complexity index is 3430. The third-order valence-electron chi connectivity index (χ3n) is 12.4. The summed E-state index contributed by atoms with van der Waals surface area (Å²) in [6, 6.07) is 80.4. The van der Waals surface area contributed by atoms with Crippen LogP contribution in [0.3, 0.4) is 0 Å². The minimum atomic E-state index is -0.545. The molecule has 0 spiro atoms. The Morgan fingerprint density at radius 3 is 1.50 bits per heavy atom. The molecule has 62 heavy (non-hydrogen) atoms. The lowest BCUT2D eigenvalue weighted by Crippen LogP contribution is -2.28. The van der Waals surface area contributed by atoms with E-state index < -0.39 is 5.41 Å². The molecule has 2 aromatic heterocycles. The summed E-state index contributed by atoms with van der Waals surface area (Å²) in [6.45, 7) is 0. The van der Waals surface area contributed by atoms with Crippen molar-refractivity contribution in [1.82, 2.24) is 15.0 Å². The maximum atomic E-state index is 5.42. The van der Waals surface area contributed by atoms with Gasteiger partial charge in [-0.2, -0.15) is 0 Å². The summed E-state index contributed by atoms with van der Waals surface area (Å²) in [5, 5.41) is 2.56. The molecule has 0 unspecified atom stereocenters. The highest BCUT2D eigenvalue weighted by molar-refractivity contribution is 7.25. The van der Waals surface area contributed by atoms with E-state index in [1.54, 1.807) is 0 Å². The summed E-state index contributed by atoms with van der Waals surface area (Å²) in [6.07, 6.45) is 0. The maximum absolute atomic E-state index is 5.42. The van der Waals surface area contributed by atoms with E-state index in [1.807, 2.05) is 17.4 Å². The van der Waals surface area contributed by atoms with E-state index in [-0.39, 0.29) is 0 Å². The van der Waals surface area contributed by atoms with Gasteiger partial charge in [-0.25, -0.2) is 15.0 Å². The highest BCUT2D eigenvalue weighted by atomic mass is 32.1. The van der Waals surface area contributed by atoms with Crippen LogP contribution in [-0.2, 0) is 5.41 Å². The molecular formula is C58H37N3S. The molecule has 0 radical (unpaired) electrons. The van der Waals surface area contributed by atoms with E-state index >= 15 is 0 Å². The van der Waals surface area contributed by atoms with Crippen LogP contribution in [0.1, 0.15) is 22.3 Å². The maximum Gasteiger partial charge on any atom is 0.164 e. The molecule has 1 aliphatic rings. The second-order valence-corrected chi connectivity index (χ2v) is 17.0. The molecule has 0 saturated heterocycles. The Balaban J connectivity index is 1.08. The molecule has 0 N–H and O–H groups in total. The molecule has 0 amide bonds. The molecule has 9 aromatic carbocycles. The Hall–Kier alpha value is -7.79. The molecule has 11 aromatic rings. The van der Waals surface area contributed by atoms with Gasteiger partial charge >= 0.3 is 0 Å². The van der Waals surface area contributed by atoms with Crippen molar-refractivity contribution in [2.45, 2.75) is 5.41 Å². The van der Waals surface area contributed by atoms with Gasteiger partial charge in [0.2, 0.25) is 0 Å². The Morgan fingerprint density at radius 2 is 0.790 bits per heavy atom. The summed E-state index contributed by atoms with van der Waals surface area (Å²) >= 11 is 1.84. The van der Waals surface area contributed by atoms with Gasteiger partial charge < -0.3 is 0 Å². The normalized spacial score (nSPS) is 12.6. The van der Waals surface area contributed by atoms with E-state index in [0.717, 1.165) is 44.5 Å². The number of hydrogen-bond acceptors (Lipinski definition) is 4. The minimum absolute atomic E-state index is 0.545. The largest absolute Gasteiger partial charge is 0.208 e. The molecular weight excluding hydrogens is 771 g/mol. The lowest BCUT2D eigenvalue weighted by Gasteiger charge is -2.33. The second-order valence-electron chi connectivity index (χ2n) is 15.9. The minimum Gasteiger partial charge on any atom is -0.208 e. The first kappa shape index (κ1) is 36.1. The van der Waals surface area contributed by atoms with Gasteiger partial charge in [-0.15, -0.1) is 11.3 Å². The van der Waals surface area contributed by atoms with E-state index in [2.05, 4.69) is 218 Å². The van der Waals surface area contributed by atoms with Gasteiger partial charge in [-0.1, -0.05) is 194 Å². The van der Waals surface area contributed by atoms with E-state index in [0.29, 0.717) is 17.5 Å². The van der Waals surface area contributed by atoms with Crippen molar-refractivity contribution in [3.8, 4) is 67.5 Å². The zero-order valence-corrected chi connectivity index (χ0v) is 34.4. The van der Waals surface area contributed by atoms with Crippen LogP contribution in [0.25, 0.3) is 87.7 Å². The molecule has 0 saturated carbocycles. The predicted octanol–water partition coefficient (Wildman–Crippen LogP) is 14.9. The third-order valence-corrected chi connectivity index (χ3v) is 13.6. The number of thiophene rings is 1. The molecule has 0 atom stereocenters. The Labute approximate surface area is 364 Å². The highest BCUT2D eigenvalue weighted by Gasteiger charge is 2.47. The first-order valence-corrected chi connectivity index (χ1v) is 21.8. The summed E-state index contributed by atoms with van der Waals surface area (Å²) in [5.74, 6) is 1.89. The number of benzene rings is 9. The number of aromatic nitrogens is 3. The van der Waals surface area contributed by atoms with Crippen molar-refractivity contribution in [1.29, 1.82) is 0 Å². The highest BCUT2D eigenvalue weighted by Crippen LogP contribution is 2.58. The van der Waals surface area contributed by atoms with Gasteiger partial charge in [-0.3, -0.25) is 0 Å². The van der Waals surface area contributed by atoms with Crippen LogP contribution in [0, 0.1) is 0 Å². The van der Waals surface area contributed by atoms with Gasteiger partial charge in [0.25, 0.3) is 0 Å². The van der Waals surface area contributed by atoms with Crippen molar-refractivity contribution in [2.75, 3.05) is 0 Å². The monoisotopic (exact) mass is 807 g/mol. The van der Waals surface area contributed by atoms with Gasteiger partial charge in [0.1, 0.15) is 0 Å². The van der Waals surface area contributed by atoms with Crippen LogP contribution < -0.4 is 0 Å². The summed E-state index contributed by atoms with van der Waals surface area (Å²) < 4.78 is 2.59. The Morgan fingerprint density at radius 1 is 0.306 bits per heavy atom. The Kier molecular flexibility index (Phi) is 8.58. The molecule has 2 heterocycles. The van der Waals surface area contributed by atoms with Gasteiger partial charge in [0.05, 0.1) is 5.41 Å². The molecule has 290 valence electrons. The second kappa shape index (κ2) is 14.7. The summed E-state index contributed by atoms with van der Waals surface area (Å²) in [4.78, 5) is 16.1. The van der Waals surface area contributed by atoms with Crippen LogP contribution in [0.5, 0.6) is 0 Å². The van der Waals surface area contributed by atoms with Crippen LogP contribution in [0.4, 0.5) is 0 Å². The fourth-order valence-electron chi connectivity index (χ4n) is 9.65. The van der Waals surface area contributed by atoms with E-state index in [4.69, 9.17) is 15.0 Å². The molecule has 1 aliphatic carbocycles. The van der Waals surface area contributed by atoms with Crippen LogP contribution in [0.2, 0.25) is 0 Å².